The first-order chi connectivity index (χ1) is 9.97. The molecule has 0 aliphatic heterocycles. The zero-order valence-corrected chi connectivity index (χ0v) is 14.7. The van der Waals surface area contributed by atoms with E-state index in [4.69, 9.17) is 5.11 Å². The van der Waals surface area contributed by atoms with E-state index in [1.807, 2.05) is 31.3 Å². The topological polar surface area (TPSA) is 40.5 Å². The minimum Gasteiger partial charge on any atom is -0.478 e. The van der Waals surface area contributed by atoms with Gasteiger partial charge in [0.05, 0.1) is 5.56 Å². The van der Waals surface area contributed by atoms with Crippen LogP contribution in [0.25, 0.3) is 0 Å². The normalized spacial score (nSPS) is 10.9. The van der Waals surface area contributed by atoms with E-state index >= 15 is 0 Å². The van der Waals surface area contributed by atoms with Crippen LogP contribution in [0.5, 0.6) is 0 Å². The standard InChI is InChI=1S/C16H15Br2NO2/c1-19(9-12-4-2-3-5-14(12)17)10-13-7-6-11(16(20)21)8-15(13)18/h2-8H,9-10H2,1H3,(H,20,21). The first-order valence-electron chi connectivity index (χ1n) is 6.41. The average Bonchev–Trinajstić information content (AvgIpc) is 2.43. The molecule has 0 bridgehead atoms. The summed E-state index contributed by atoms with van der Waals surface area (Å²) in [7, 11) is 2.04. The number of rotatable bonds is 5. The predicted molar refractivity (Wildman–Crippen MR) is 90.4 cm³/mol. The highest BCUT2D eigenvalue weighted by Gasteiger charge is 2.09. The van der Waals surface area contributed by atoms with Crippen LogP contribution < -0.4 is 0 Å². The Morgan fingerprint density at radius 2 is 1.67 bits per heavy atom. The number of carbonyl (C=O) groups is 1. The van der Waals surface area contributed by atoms with Gasteiger partial charge in [-0.3, -0.25) is 4.90 Å². The third-order valence-electron chi connectivity index (χ3n) is 3.14. The van der Waals surface area contributed by atoms with Gasteiger partial charge in [-0.15, -0.1) is 0 Å². The van der Waals surface area contributed by atoms with Crippen LogP contribution in [-0.2, 0) is 13.1 Å². The summed E-state index contributed by atoms with van der Waals surface area (Å²) >= 11 is 6.99. The molecule has 0 unspecified atom stereocenters. The highest BCUT2D eigenvalue weighted by atomic mass is 79.9. The van der Waals surface area contributed by atoms with Gasteiger partial charge in [-0.25, -0.2) is 4.79 Å². The van der Waals surface area contributed by atoms with Crippen molar-refractivity contribution in [3.63, 3.8) is 0 Å². The fourth-order valence-corrected chi connectivity index (χ4v) is 2.99. The molecule has 0 fully saturated rings. The van der Waals surface area contributed by atoms with Gasteiger partial charge in [0.1, 0.15) is 0 Å². The van der Waals surface area contributed by atoms with Gasteiger partial charge in [-0.05, 0) is 36.4 Å². The molecule has 0 aliphatic carbocycles. The number of aromatic carboxylic acids is 1. The SMILES string of the molecule is CN(Cc1ccccc1Br)Cc1ccc(C(=O)O)cc1Br. The number of benzene rings is 2. The smallest absolute Gasteiger partial charge is 0.335 e. The monoisotopic (exact) mass is 411 g/mol. The second-order valence-corrected chi connectivity index (χ2v) is 6.58. The lowest BCUT2D eigenvalue weighted by molar-refractivity contribution is 0.0697. The van der Waals surface area contributed by atoms with Crippen molar-refractivity contribution >= 4 is 37.8 Å². The molecule has 0 heterocycles. The molecule has 0 aromatic heterocycles. The Morgan fingerprint density at radius 3 is 2.24 bits per heavy atom. The van der Waals surface area contributed by atoms with Gasteiger partial charge in [0.2, 0.25) is 0 Å². The Kier molecular flexibility index (Phi) is 5.56. The van der Waals surface area contributed by atoms with E-state index in [2.05, 4.69) is 42.8 Å². The quantitative estimate of drug-likeness (QED) is 0.783. The summed E-state index contributed by atoms with van der Waals surface area (Å²) in [5.74, 6) is -0.913. The van der Waals surface area contributed by atoms with Crippen molar-refractivity contribution in [2.24, 2.45) is 0 Å². The minimum absolute atomic E-state index is 0.291. The molecule has 2 aromatic carbocycles. The van der Waals surface area contributed by atoms with E-state index in [0.29, 0.717) is 5.56 Å². The maximum atomic E-state index is 10.9. The zero-order valence-electron chi connectivity index (χ0n) is 11.5. The number of nitrogens with zero attached hydrogens (tertiary/aromatic N) is 1. The molecule has 0 aliphatic rings. The summed E-state index contributed by atoms with van der Waals surface area (Å²) in [4.78, 5) is 13.1. The second-order valence-electron chi connectivity index (χ2n) is 4.88. The van der Waals surface area contributed by atoms with Crippen LogP contribution in [0, 0.1) is 0 Å². The van der Waals surface area contributed by atoms with Crippen molar-refractivity contribution in [1.29, 1.82) is 0 Å². The van der Waals surface area contributed by atoms with Crippen LogP contribution >= 0.6 is 31.9 Å². The van der Waals surface area contributed by atoms with Gasteiger partial charge < -0.3 is 5.11 Å². The molecule has 21 heavy (non-hydrogen) atoms. The molecule has 0 atom stereocenters. The third kappa shape index (κ3) is 4.40. The molecule has 5 heteroatoms. The number of carboxylic acid groups (broad SMARTS) is 1. The summed E-state index contributed by atoms with van der Waals surface area (Å²) < 4.78 is 1.92. The lowest BCUT2D eigenvalue weighted by Gasteiger charge is -2.18. The molecule has 2 aromatic rings. The molecular weight excluding hydrogens is 398 g/mol. The summed E-state index contributed by atoms with van der Waals surface area (Å²) in [6.07, 6.45) is 0. The molecule has 3 nitrogen and oxygen atoms in total. The predicted octanol–water partition coefficient (Wildman–Crippen LogP) is 4.54. The van der Waals surface area contributed by atoms with Gasteiger partial charge in [0, 0.05) is 22.0 Å². The lowest BCUT2D eigenvalue weighted by atomic mass is 10.1. The van der Waals surface area contributed by atoms with Gasteiger partial charge in [0.25, 0.3) is 0 Å². The number of carboxylic acids is 1. The Hall–Kier alpha value is -1.17. The maximum Gasteiger partial charge on any atom is 0.335 e. The van der Waals surface area contributed by atoms with E-state index < -0.39 is 5.97 Å². The van der Waals surface area contributed by atoms with Gasteiger partial charge in [-0.2, -0.15) is 0 Å². The van der Waals surface area contributed by atoms with E-state index in [1.54, 1.807) is 12.1 Å². The fraction of sp³-hybridized carbons (Fsp3) is 0.188. The Balaban J connectivity index is 2.08. The molecule has 0 saturated carbocycles. The van der Waals surface area contributed by atoms with Crippen molar-refractivity contribution < 1.29 is 9.90 Å². The summed E-state index contributed by atoms with van der Waals surface area (Å²) in [5, 5.41) is 8.97. The van der Waals surface area contributed by atoms with Crippen molar-refractivity contribution in [2.75, 3.05) is 7.05 Å². The van der Waals surface area contributed by atoms with Crippen LogP contribution in [0.2, 0.25) is 0 Å². The Morgan fingerprint density at radius 1 is 1.05 bits per heavy atom. The summed E-state index contributed by atoms with van der Waals surface area (Å²) in [6.45, 7) is 1.55. The zero-order chi connectivity index (χ0) is 15.4. The third-order valence-corrected chi connectivity index (χ3v) is 4.65. The largest absolute Gasteiger partial charge is 0.478 e. The fourth-order valence-electron chi connectivity index (χ4n) is 2.07. The maximum absolute atomic E-state index is 10.9. The molecule has 2 rings (SSSR count). The van der Waals surface area contributed by atoms with Crippen LogP contribution in [-0.4, -0.2) is 23.0 Å². The van der Waals surface area contributed by atoms with Crippen molar-refractivity contribution in [3.8, 4) is 0 Å². The number of hydrogen-bond donors (Lipinski definition) is 1. The van der Waals surface area contributed by atoms with E-state index in [-0.39, 0.29) is 0 Å². The van der Waals surface area contributed by atoms with Gasteiger partial charge >= 0.3 is 5.97 Å². The van der Waals surface area contributed by atoms with Crippen molar-refractivity contribution in [2.45, 2.75) is 13.1 Å². The van der Waals surface area contributed by atoms with E-state index in [1.165, 1.54) is 5.56 Å². The molecule has 0 radical (unpaired) electrons. The second kappa shape index (κ2) is 7.20. The molecular formula is C16H15Br2NO2. The van der Waals surface area contributed by atoms with Crippen LogP contribution in [0.15, 0.2) is 51.4 Å². The van der Waals surface area contributed by atoms with Crippen molar-refractivity contribution in [1.82, 2.24) is 4.90 Å². The molecule has 1 N–H and O–H groups in total. The highest BCUT2D eigenvalue weighted by Crippen LogP contribution is 2.22. The minimum atomic E-state index is -0.913. The Bertz CT molecular complexity index is 658. The van der Waals surface area contributed by atoms with Gasteiger partial charge in [-0.1, -0.05) is 56.1 Å². The molecule has 0 amide bonds. The van der Waals surface area contributed by atoms with Gasteiger partial charge in [0.15, 0.2) is 0 Å². The summed E-state index contributed by atoms with van der Waals surface area (Å²) in [6, 6.07) is 13.3. The Labute approximate surface area is 140 Å². The van der Waals surface area contributed by atoms with Crippen LogP contribution in [0.3, 0.4) is 0 Å². The highest BCUT2D eigenvalue weighted by molar-refractivity contribution is 9.10. The first-order valence-corrected chi connectivity index (χ1v) is 7.99. The summed E-state index contributed by atoms with van der Waals surface area (Å²) in [5.41, 5.74) is 2.58. The van der Waals surface area contributed by atoms with E-state index in [9.17, 15) is 4.79 Å². The number of halogens is 2. The van der Waals surface area contributed by atoms with Crippen LogP contribution in [0.4, 0.5) is 0 Å². The van der Waals surface area contributed by atoms with Crippen molar-refractivity contribution in [3.05, 3.63) is 68.1 Å². The number of hydrogen-bond acceptors (Lipinski definition) is 2. The lowest BCUT2D eigenvalue weighted by Crippen LogP contribution is -2.18. The molecule has 0 spiro atoms. The first kappa shape index (κ1) is 16.2. The van der Waals surface area contributed by atoms with Crippen LogP contribution in [0.1, 0.15) is 21.5 Å². The average molecular weight is 413 g/mol. The molecule has 0 saturated heterocycles. The molecule has 110 valence electrons. The van der Waals surface area contributed by atoms with E-state index in [0.717, 1.165) is 27.6 Å².